The zero-order valence-electron chi connectivity index (χ0n) is 11.2. The summed E-state index contributed by atoms with van der Waals surface area (Å²) in [5, 5.41) is 4.98. The van der Waals surface area contributed by atoms with Crippen molar-refractivity contribution in [3.63, 3.8) is 0 Å². The number of likely N-dealkylation sites (tertiary alicyclic amines) is 1. The lowest BCUT2D eigenvalue weighted by Gasteiger charge is -2.34. The molecule has 1 aromatic heterocycles. The second-order valence-electron chi connectivity index (χ2n) is 5.02. The Hall–Kier alpha value is -0.620. The Labute approximate surface area is 124 Å². The SMILES string of the molecule is CC1CN(CC(=O)NCc2cccs2)CCC1N.Cl. The van der Waals surface area contributed by atoms with Gasteiger partial charge in [0.2, 0.25) is 5.91 Å². The highest BCUT2D eigenvalue weighted by atomic mass is 35.5. The topological polar surface area (TPSA) is 58.4 Å². The van der Waals surface area contributed by atoms with Gasteiger partial charge in [-0.15, -0.1) is 23.7 Å². The van der Waals surface area contributed by atoms with Crippen LogP contribution < -0.4 is 11.1 Å². The molecule has 1 aliphatic rings. The van der Waals surface area contributed by atoms with Gasteiger partial charge in [0.15, 0.2) is 0 Å². The minimum Gasteiger partial charge on any atom is -0.350 e. The van der Waals surface area contributed by atoms with Crippen molar-refractivity contribution in [2.24, 2.45) is 11.7 Å². The summed E-state index contributed by atoms with van der Waals surface area (Å²) in [6, 6.07) is 4.32. The number of carbonyl (C=O) groups excluding carboxylic acids is 1. The summed E-state index contributed by atoms with van der Waals surface area (Å²) in [4.78, 5) is 15.2. The molecule has 1 aromatic rings. The van der Waals surface area contributed by atoms with Crippen molar-refractivity contribution in [1.29, 1.82) is 0 Å². The van der Waals surface area contributed by atoms with Crippen LogP contribution in [0.5, 0.6) is 0 Å². The van der Waals surface area contributed by atoms with E-state index in [0.29, 0.717) is 19.0 Å². The molecule has 0 aliphatic carbocycles. The van der Waals surface area contributed by atoms with Crippen LogP contribution in [0.4, 0.5) is 0 Å². The van der Waals surface area contributed by atoms with Gasteiger partial charge in [0, 0.05) is 24.0 Å². The van der Waals surface area contributed by atoms with Crippen molar-refractivity contribution in [3.8, 4) is 0 Å². The molecule has 2 rings (SSSR count). The maximum Gasteiger partial charge on any atom is 0.234 e. The summed E-state index contributed by atoms with van der Waals surface area (Å²) in [6.45, 7) is 5.13. The molecule has 1 aliphatic heterocycles. The number of hydrogen-bond donors (Lipinski definition) is 2. The average Bonchev–Trinajstić information content (AvgIpc) is 2.84. The summed E-state index contributed by atoms with van der Waals surface area (Å²) < 4.78 is 0. The van der Waals surface area contributed by atoms with Crippen LogP contribution in [0.15, 0.2) is 17.5 Å². The number of piperidine rings is 1. The first-order chi connectivity index (χ1) is 8.65. The fourth-order valence-corrected chi connectivity index (χ4v) is 2.90. The van der Waals surface area contributed by atoms with E-state index in [9.17, 15) is 4.79 Å². The van der Waals surface area contributed by atoms with E-state index in [1.807, 2.05) is 17.5 Å². The molecule has 2 atom stereocenters. The zero-order chi connectivity index (χ0) is 13.0. The van der Waals surface area contributed by atoms with Crippen LogP contribution in [-0.2, 0) is 11.3 Å². The maximum atomic E-state index is 11.8. The van der Waals surface area contributed by atoms with Gasteiger partial charge in [0.05, 0.1) is 13.1 Å². The van der Waals surface area contributed by atoms with Gasteiger partial charge in [-0.1, -0.05) is 13.0 Å². The lowest BCUT2D eigenvalue weighted by atomic mass is 9.95. The standard InChI is InChI=1S/C13H21N3OS.ClH/c1-10-8-16(5-4-12(10)14)9-13(17)15-7-11-3-2-6-18-11;/h2-3,6,10,12H,4-5,7-9,14H2,1H3,(H,15,17);1H. The molecule has 1 saturated heterocycles. The minimum absolute atomic E-state index is 0. The molecule has 0 bridgehead atoms. The van der Waals surface area contributed by atoms with Gasteiger partial charge in [-0.05, 0) is 23.8 Å². The lowest BCUT2D eigenvalue weighted by molar-refractivity contribution is -0.122. The van der Waals surface area contributed by atoms with Crippen LogP contribution in [0, 0.1) is 5.92 Å². The molecule has 2 heterocycles. The van der Waals surface area contributed by atoms with Gasteiger partial charge in [-0.3, -0.25) is 9.69 Å². The van der Waals surface area contributed by atoms with Gasteiger partial charge < -0.3 is 11.1 Å². The maximum absolute atomic E-state index is 11.8. The van der Waals surface area contributed by atoms with Crippen molar-refractivity contribution < 1.29 is 4.79 Å². The van der Waals surface area contributed by atoms with Gasteiger partial charge in [0.25, 0.3) is 0 Å². The number of amides is 1. The van der Waals surface area contributed by atoms with Gasteiger partial charge in [0.1, 0.15) is 0 Å². The van der Waals surface area contributed by atoms with Crippen LogP contribution in [0.3, 0.4) is 0 Å². The Morgan fingerprint density at radius 2 is 2.42 bits per heavy atom. The van der Waals surface area contributed by atoms with E-state index in [2.05, 4.69) is 17.1 Å². The molecule has 108 valence electrons. The number of nitrogens with one attached hydrogen (secondary N) is 1. The Kier molecular flexibility index (Phi) is 6.79. The van der Waals surface area contributed by atoms with Gasteiger partial charge >= 0.3 is 0 Å². The van der Waals surface area contributed by atoms with E-state index in [4.69, 9.17) is 5.73 Å². The van der Waals surface area contributed by atoms with Crippen molar-refractivity contribution in [3.05, 3.63) is 22.4 Å². The smallest absolute Gasteiger partial charge is 0.234 e. The molecule has 2 unspecified atom stereocenters. The monoisotopic (exact) mass is 303 g/mol. The number of halogens is 1. The molecule has 0 saturated carbocycles. The molecule has 19 heavy (non-hydrogen) atoms. The van der Waals surface area contributed by atoms with E-state index >= 15 is 0 Å². The van der Waals surface area contributed by atoms with E-state index in [1.165, 1.54) is 4.88 Å². The van der Waals surface area contributed by atoms with Crippen LogP contribution in [0.1, 0.15) is 18.2 Å². The number of nitrogens with two attached hydrogens (primary N) is 1. The fourth-order valence-electron chi connectivity index (χ4n) is 2.25. The Morgan fingerprint density at radius 3 is 3.05 bits per heavy atom. The second-order valence-corrected chi connectivity index (χ2v) is 6.05. The van der Waals surface area contributed by atoms with E-state index < -0.39 is 0 Å². The van der Waals surface area contributed by atoms with Crippen molar-refractivity contribution >= 4 is 29.7 Å². The Balaban J connectivity index is 0.00000180. The van der Waals surface area contributed by atoms with Gasteiger partial charge in [-0.25, -0.2) is 0 Å². The first-order valence-corrected chi connectivity index (χ1v) is 7.30. The summed E-state index contributed by atoms with van der Waals surface area (Å²) >= 11 is 1.67. The molecular weight excluding hydrogens is 282 g/mol. The molecule has 1 fully saturated rings. The summed E-state index contributed by atoms with van der Waals surface area (Å²) in [5.41, 5.74) is 5.97. The predicted octanol–water partition coefficient (Wildman–Crippen LogP) is 1.46. The quantitative estimate of drug-likeness (QED) is 0.885. The summed E-state index contributed by atoms with van der Waals surface area (Å²) in [6.07, 6.45) is 0.985. The average molecular weight is 304 g/mol. The summed E-state index contributed by atoms with van der Waals surface area (Å²) in [5.74, 6) is 0.579. The molecule has 3 N–H and O–H groups in total. The van der Waals surface area contributed by atoms with Crippen molar-refractivity contribution in [2.75, 3.05) is 19.6 Å². The molecular formula is C13H22ClN3OS. The largest absolute Gasteiger partial charge is 0.350 e. The molecule has 0 spiro atoms. The van der Waals surface area contributed by atoms with Crippen molar-refractivity contribution in [2.45, 2.75) is 25.9 Å². The molecule has 6 heteroatoms. The first-order valence-electron chi connectivity index (χ1n) is 6.42. The normalized spacial score (nSPS) is 23.7. The number of thiophene rings is 1. The third-order valence-electron chi connectivity index (χ3n) is 3.46. The summed E-state index contributed by atoms with van der Waals surface area (Å²) in [7, 11) is 0. The van der Waals surface area contributed by atoms with Gasteiger partial charge in [-0.2, -0.15) is 0 Å². The number of nitrogens with zero attached hydrogens (tertiary/aromatic N) is 1. The number of hydrogen-bond acceptors (Lipinski definition) is 4. The molecule has 0 radical (unpaired) electrons. The third-order valence-corrected chi connectivity index (χ3v) is 4.34. The highest BCUT2D eigenvalue weighted by Gasteiger charge is 2.24. The van der Waals surface area contributed by atoms with E-state index in [1.54, 1.807) is 11.3 Å². The Bertz CT molecular complexity index is 385. The Morgan fingerprint density at radius 1 is 1.63 bits per heavy atom. The highest BCUT2D eigenvalue weighted by Crippen LogP contribution is 2.14. The first kappa shape index (κ1) is 16.4. The minimum atomic E-state index is 0. The lowest BCUT2D eigenvalue weighted by Crippen LogP contribution is -2.48. The van der Waals surface area contributed by atoms with Crippen LogP contribution >= 0.6 is 23.7 Å². The zero-order valence-corrected chi connectivity index (χ0v) is 12.8. The predicted molar refractivity (Wildman–Crippen MR) is 81.6 cm³/mol. The van der Waals surface area contributed by atoms with Crippen LogP contribution in [0.2, 0.25) is 0 Å². The number of rotatable bonds is 4. The fraction of sp³-hybridized carbons (Fsp3) is 0.615. The third kappa shape index (κ3) is 5.10. The van der Waals surface area contributed by atoms with Crippen LogP contribution in [-0.4, -0.2) is 36.5 Å². The van der Waals surface area contributed by atoms with E-state index in [-0.39, 0.29) is 24.4 Å². The van der Waals surface area contributed by atoms with Crippen LogP contribution in [0.25, 0.3) is 0 Å². The molecule has 1 amide bonds. The molecule has 4 nitrogen and oxygen atoms in total. The van der Waals surface area contributed by atoms with Crippen molar-refractivity contribution in [1.82, 2.24) is 10.2 Å². The second kappa shape index (κ2) is 7.85. The highest BCUT2D eigenvalue weighted by molar-refractivity contribution is 7.09. The number of carbonyl (C=O) groups is 1. The van der Waals surface area contributed by atoms with E-state index in [0.717, 1.165) is 19.5 Å². The molecule has 0 aromatic carbocycles.